The van der Waals surface area contributed by atoms with E-state index in [1.165, 1.54) is 12.1 Å². The van der Waals surface area contributed by atoms with E-state index >= 15 is 0 Å². The van der Waals surface area contributed by atoms with E-state index in [0.29, 0.717) is 12.0 Å². The van der Waals surface area contributed by atoms with Crippen LogP contribution in [0.5, 0.6) is 0 Å². The third kappa shape index (κ3) is 2.72. The van der Waals surface area contributed by atoms with Gasteiger partial charge in [-0.05, 0) is 49.3 Å². The minimum atomic E-state index is -0.722. The van der Waals surface area contributed by atoms with Crippen LogP contribution >= 0.6 is 0 Å². The summed E-state index contributed by atoms with van der Waals surface area (Å²) in [5, 5.41) is 0. The van der Waals surface area contributed by atoms with Crippen molar-refractivity contribution in [2.24, 2.45) is 11.1 Å². The van der Waals surface area contributed by atoms with E-state index in [4.69, 9.17) is 5.73 Å². The summed E-state index contributed by atoms with van der Waals surface area (Å²) in [7, 11) is 0. The molecule has 1 atom stereocenters. The molecule has 1 aliphatic carbocycles. The standard InChI is InChI=1S/C15H21F2N/c1-14(2)6-3-7-15(18,9-8-14)12-10-11(16)4-5-13(12)17/h4-5,10H,3,6-9,18H2,1-2H3. The minimum absolute atomic E-state index is 0.241. The molecule has 1 unspecified atom stereocenters. The maximum atomic E-state index is 13.9. The predicted octanol–water partition coefficient (Wildman–Crippen LogP) is 4.11. The van der Waals surface area contributed by atoms with Crippen LogP contribution in [-0.2, 0) is 5.54 Å². The monoisotopic (exact) mass is 253 g/mol. The van der Waals surface area contributed by atoms with E-state index in [2.05, 4.69) is 13.8 Å². The summed E-state index contributed by atoms with van der Waals surface area (Å²) >= 11 is 0. The molecule has 2 rings (SSSR count). The van der Waals surface area contributed by atoms with Crippen molar-refractivity contribution in [3.05, 3.63) is 35.4 Å². The van der Waals surface area contributed by atoms with Gasteiger partial charge in [-0.1, -0.05) is 20.3 Å². The first-order valence-electron chi connectivity index (χ1n) is 6.57. The second-order valence-electron chi connectivity index (χ2n) is 6.30. The largest absolute Gasteiger partial charge is 0.321 e. The van der Waals surface area contributed by atoms with Gasteiger partial charge in [-0.15, -0.1) is 0 Å². The zero-order valence-corrected chi connectivity index (χ0v) is 11.1. The van der Waals surface area contributed by atoms with Crippen molar-refractivity contribution in [2.45, 2.75) is 51.5 Å². The van der Waals surface area contributed by atoms with Crippen molar-refractivity contribution in [3.8, 4) is 0 Å². The molecule has 1 aromatic carbocycles. The molecule has 0 spiro atoms. The molecule has 18 heavy (non-hydrogen) atoms. The molecule has 0 bridgehead atoms. The summed E-state index contributed by atoms with van der Waals surface area (Å²) in [5.41, 5.74) is 6.22. The van der Waals surface area contributed by atoms with E-state index in [1.54, 1.807) is 0 Å². The molecule has 1 fully saturated rings. The third-order valence-electron chi connectivity index (χ3n) is 4.19. The van der Waals surface area contributed by atoms with Gasteiger partial charge in [-0.2, -0.15) is 0 Å². The van der Waals surface area contributed by atoms with Gasteiger partial charge >= 0.3 is 0 Å². The van der Waals surface area contributed by atoms with Crippen LogP contribution in [0.3, 0.4) is 0 Å². The quantitative estimate of drug-likeness (QED) is 0.749. The van der Waals surface area contributed by atoms with Crippen LogP contribution in [0.2, 0.25) is 0 Å². The van der Waals surface area contributed by atoms with Crippen LogP contribution in [0.25, 0.3) is 0 Å². The molecule has 0 amide bonds. The van der Waals surface area contributed by atoms with Crippen molar-refractivity contribution in [1.82, 2.24) is 0 Å². The Morgan fingerprint density at radius 3 is 2.50 bits per heavy atom. The van der Waals surface area contributed by atoms with Gasteiger partial charge in [0.05, 0.1) is 0 Å². The second-order valence-corrected chi connectivity index (χ2v) is 6.30. The van der Waals surface area contributed by atoms with Crippen LogP contribution in [0.15, 0.2) is 18.2 Å². The maximum absolute atomic E-state index is 13.9. The third-order valence-corrected chi connectivity index (χ3v) is 4.19. The molecule has 1 nitrogen and oxygen atoms in total. The van der Waals surface area contributed by atoms with E-state index in [9.17, 15) is 8.78 Å². The highest BCUT2D eigenvalue weighted by Gasteiger charge is 2.35. The fourth-order valence-corrected chi connectivity index (χ4v) is 2.84. The van der Waals surface area contributed by atoms with Crippen molar-refractivity contribution >= 4 is 0 Å². The normalized spacial score (nSPS) is 27.8. The Hall–Kier alpha value is -0.960. The Morgan fingerprint density at radius 2 is 1.78 bits per heavy atom. The number of hydrogen-bond donors (Lipinski definition) is 1. The van der Waals surface area contributed by atoms with Gasteiger partial charge in [0, 0.05) is 11.1 Å². The Bertz CT molecular complexity index is 442. The highest BCUT2D eigenvalue weighted by molar-refractivity contribution is 5.27. The van der Waals surface area contributed by atoms with Crippen LogP contribution < -0.4 is 5.73 Å². The Morgan fingerprint density at radius 1 is 1.06 bits per heavy atom. The van der Waals surface area contributed by atoms with Gasteiger partial charge in [-0.25, -0.2) is 8.78 Å². The molecule has 0 heterocycles. The summed E-state index contributed by atoms with van der Waals surface area (Å²) in [6, 6.07) is 3.58. The van der Waals surface area contributed by atoms with Crippen LogP contribution in [0, 0.1) is 17.0 Å². The molecule has 2 N–H and O–H groups in total. The summed E-state index contributed by atoms with van der Waals surface area (Å²) in [6.07, 6.45) is 4.42. The zero-order valence-electron chi connectivity index (χ0n) is 11.1. The summed E-state index contributed by atoms with van der Waals surface area (Å²) in [5.74, 6) is -0.807. The Balaban J connectivity index is 2.33. The number of nitrogens with two attached hydrogens (primary N) is 1. The van der Waals surface area contributed by atoms with Crippen molar-refractivity contribution < 1.29 is 8.78 Å². The van der Waals surface area contributed by atoms with E-state index < -0.39 is 17.2 Å². The van der Waals surface area contributed by atoms with Crippen LogP contribution in [0.4, 0.5) is 8.78 Å². The average molecular weight is 253 g/mol. The zero-order chi connectivity index (χ0) is 13.4. The van der Waals surface area contributed by atoms with Gasteiger partial charge in [0.15, 0.2) is 0 Å². The van der Waals surface area contributed by atoms with Crippen LogP contribution in [0.1, 0.15) is 51.5 Å². The first-order valence-corrected chi connectivity index (χ1v) is 6.57. The van der Waals surface area contributed by atoms with Crippen molar-refractivity contribution in [2.75, 3.05) is 0 Å². The topological polar surface area (TPSA) is 26.0 Å². The van der Waals surface area contributed by atoms with E-state index in [-0.39, 0.29) is 5.41 Å². The number of halogens is 2. The van der Waals surface area contributed by atoms with Crippen LogP contribution in [-0.4, -0.2) is 0 Å². The summed E-state index contributed by atoms with van der Waals surface area (Å²) in [6.45, 7) is 4.42. The molecule has 0 aliphatic heterocycles. The lowest BCUT2D eigenvalue weighted by molar-refractivity contribution is 0.296. The van der Waals surface area contributed by atoms with Gasteiger partial charge in [-0.3, -0.25) is 0 Å². The molecule has 0 saturated heterocycles. The Labute approximate surface area is 107 Å². The SMILES string of the molecule is CC1(C)CCCC(N)(c2cc(F)ccc2F)CC1. The van der Waals surface area contributed by atoms with Gasteiger partial charge in [0.2, 0.25) is 0 Å². The fraction of sp³-hybridized carbons (Fsp3) is 0.600. The van der Waals surface area contributed by atoms with Gasteiger partial charge < -0.3 is 5.73 Å². The molecule has 0 aromatic heterocycles. The van der Waals surface area contributed by atoms with Crippen molar-refractivity contribution in [1.29, 1.82) is 0 Å². The van der Waals surface area contributed by atoms with Gasteiger partial charge in [0.1, 0.15) is 11.6 Å². The first-order chi connectivity index (χ1) is 8.32. The molecule has 0 radical (unpaired) electrons. The predicted molar refractivity (Wildman–Crippen MR) is 69.1 cm³/mol. The maximum Gasteiger partial charge on any atom is 0.128 e. The molecule has 100 valence electrons. The summed E-state index contributed by atoms with van der Waals surface area (Å²) < 4.78 is 27.2. The number of benzene rings is 1. The smallest absolute Gasteiger partial charge is 0.128 e. The van der Waals surface area contributed by atoms with Gasteiger partial charge in [0.25, 0.3) is 0 Å². The van der Waals surface area contributed by atoms with E-state index in [1.807, 2.05) is 0 Å². The highest BCUT2D eigenvalue weighted by Crippen LogP contribution is 2.42. The molecule has 3 heteroatoms. The lowest BCUT2D eigenvalue weighted by Gasteiger charge is -2.30. The molecule has 1 aromatic rings. The molecule has 1 saturated carbocycles. The Kier molecular flexibility index (Phi) is 3.45. The molecular weight excluding hydrogens is 232 g/mol. The number of hydrogen-bond acceptors (Lipinski definition) is 1. The fourth-order valence-electron chi connectivity index (χ4n) is 2.84. The molecule has 1 aliphatic rings. The minimum Gasteiger partial charge on any atom is -0.321 e. The second kappa shape index (κ2) is 4.61. The first kappa shape index (κ1) is 13.5. The molecular formula is C15H21F2N. The highest BCUT2D eigenvalue weighted by atomic mass is 19.1. The average Bonchev–Trinajstić information content (AvgIpc) is 2.42. The lowest BCUT2D eigenvalue weighted by atomic mass is 9.81. The number of rotatable bonds is 1. The van der Waals surface area contributed by atoms with E-state index in [0.717, 1.165) is 31.7 Å². The summed E-state index contributed by atoms with van der Waals surface area (Å²) in [4.78, 5) is 0. The lowest BCUT2D eigenvalue weighted by Crippen LogP contribution is -2.37. The van der Waals surface area contributed by atoms with Crippen molar-refractivity contribution in [3.63, 3.8) is 0 Å².